The summed E-state index contributed by atoms with van der Waals surface area (Å²) in [5, 5.41) is 10.5. The van der Waals surface area contributed by atoms with Crippen LogP contribution in [0.5, 0.6) is 0 Å². The molecule has 0 radical (unpaired) electrons. The molecule has 5 nitrogen and oxygen atoms in total. The minimum Gasteiger partial charge on any atom is -0.465 e. The fourth-order valence-corrected chi connectivity index (χ4v) is 1.65. The van der Waals surface area contributed by atoms with Crippen molar-refractivity contribution in [2.45, 2.75) is 4.90 Å². The van der Waals surface area contributed by atoms with Crippen LogP contribution in [0.15, 0.2) is 23.1 Å². The number of carbonyl (C=O) groups excluding carboxylic acids is 1. The van der Waals surface area contributed by atoms with E-state index >= 15 is 0 Å². The minimum atomic E-state index is -0.567. The quantitative estimate of drug-likeness (QED) is 0.342. The summed E-state index contributed by atoms with van der Waals surface area (Å²) in [5.74, 6) is -0.567. The number of hydrogen-bond acceptors (Lipinski definition) is 5. The molecule has 0 saturated heterocycles. The highest BCUT2D eigenvalue weighted by molar-refractivity contribution is 7.98. The number of hydrogen-bond donors (Lipinski definition) is 0. The average Bonchev–Trinajstić information content (AvgIpc) is 2.27. The van der Waals surface area contributed by atoms with Crippen LogP contribution in [0.4, 0.5) is 5.69 Å². The van der Waals surface area contributed by atoms with Crippen molar-refractivity contribution in [1.82, 2.24) is 0 Å². The summed E-state index contributed by atoms with van der Waals surface area (Å²) in [6.07, 6.45) is 1.79. The first kappa shape index (κ1) is 11.5. The van der Waals surface area contributed by atoms with Gasteiger partial charge in [-0.1, -0.05) is 0 Å². The molecule has 1 aromatic rings. The normalized spacial score (nSPS) is 9.73. The third-order valence-corrected chi connectivity index (χ3v) is 2.60. The molecule has 6 heteroatoms. The van der Waals surface area contributed by atoms with E-state index in [9.17, 15) is 14.9 Å². The van der Waals surface area contributed by atoms with Crippen LogP contribution in [0.25, 0.3) is 0 Å². The van der Waals surface area contributed by atoms with Crippen LogP contribution in [-0.4, -0.2) is 24.3 Å². The number of ether oxygens (including phenoxy) is 1. The molecular weight excluding hydrogens is 218 g/mol. The average molecular weight is 227 g/mol. The third-order valence-electron chi connectivity index (χ3n) is 1.80. The molecule has 0 aromatic heterocycles. The van der Waals surface area contributed by atoms with Gasteiger partial charge in [-0.2, -0.15) is 0 Å². The van der Waals surface area contributed by atoms with E-state index in [0.29, 0.717) is 4.90 Å². The lowest BCUT2D eigenvalue weighted by Gasteiger charge is -2.04. The zero-order chi connectivity index (χ0) is 11.4. The Balaban J connectivity index is 3.25. The Morgan fingerprint density at radius 2 is 2.20 bits per heavy atom. The summed E-state index contributed by atoms with van der Waals surface area (Å²) in [6.45, 7) is 0. The lowest BCUT2D eigenvalue weighted by Crippen LogP contribution is -2.04. The van der Waals surface area contributed by atoms with E-state index in [-0.39, 0.29) is 11.3 Å². The van der Waals surface area contributed by atoms with E-state index < -0.39 is 10.9 Å². The number of methoxy groups -OCH3 is 1. The Morgan fingerprint density at radius 1 is 1.53 bits per heavy atom. The molecule has 0 aliphatic rings. The Labute approximate surface area is 90.6 Å². The van der Waals surface area contributed by atoms with Crippen molar-refractivity contribution in [3.05, 3.63) is 33.9 Å². The van der Waals surface area contributed by atoms with Gasteiger partial charge in [0.2, 0.25) is 0 Å². The molecule has 0 spiro atoms. The summed E-state index contributed by atoms with van der Waals surface area (Å²) in [4.78, 5) is 21.9. The van der Waals surface area contributed by atoms with Crippen molar-refractivity contribution in [3.8, 4) is 0 Å². The molecule has 0 bridgehead atoms. The van der Waals surface area contributed by atoms with Gasteiger partial charge < -0.3 is 4.74 Å². The molecule has 0 atom stereocenters. The van der Waals surface area contributed by atoms with Gasteiger partial charge in [-0.15, -0.1) is 11.8 Å². The molecule has 0 fully saturated rings. The number of non-ortho nitro benzene ring substituents is 1. The van der Waals surface area contributed by atoms with Crippen molar-refractivity contribution in [2.24, 2.45) is 0 Å². The highest BCUT2D eigenvalue weighted by Gasteiger charge is 2.16. The van der Waals surface area contributed by atoms with Gasteiger partial charge in [0.25, 0.3) is 5.69 Å². The molecular formula is C9H9NO4S. The topological polar surface area (TPSA) is 69.4 Å². The summed E-state index contributed by atoms with van der Waals surface area (Å²) in [7, 11) is 1.24. The van der Waals surface area contributed by atoms with Gasteiger partial charge in [-0.3, -0.25) is 10.1 Å². The van der Waals surface area contributed by atoms with Crippen LogP contribution in [0, 0.1) is 10.1 Å². The second kappa shape index (κ2) is 4.79. The van der Waals surface area contributed by atoms with E-state index in [1.165, 1.54) is 37.1 Å². The van der Waals surface area contributed by atoms with E-state index in [1.807, 2.05) is 0 Å². The maximum Gasteiger partial charge on any atom is 0.339 e. The Kier molecular flexibility index (Phi) is 3.68. The number of esters is 1. The summed E-state index contributed by atoms with van der Waals surface area (Å²) in [6, 6.07) is 4.12. The van der Waals surface area contributed by atoms with E-state index in [2.05, 4.69) is 4.74 Å². The SMILES string of the molecule is COC(=O)c1cc([N+](=O)[O-])ccc1SC. The molecule has 80 valence electrons. The second-order valence-corrected chi connectivity index (χ2v) is 3.48. The number of nitrogens with zero attached hydrogens (tertiary/aromatic N) is 1. The fraction of sp³-hybridized carbons (Fsp3) is 0.222. The number of thioether (sulfide) groups is 1. The van der Waals surface area contributed by atoms with Crippen LogP contribution in [0.1, 0.15) is 10.4 Å². The smallest absolute Gasteiger partial charge is 0.339 e. The van der Waals surface area contributed by atoms with Gasteiger partial charge in [0.1, 0.15) is 0 Å². The predicted molar refractivity (Wildman–Crippen MR) is 56.2 cm³/mol. The number of nitro groups is 1. The Morgan fingerprint density at radius 3 is 2.67 bits per heavy atom. The highest BCUT2D eigenvalue weighted by atomic mass is 32.2. The van der Waals surface area contributed by atoms with Gasteiger partial charge in [-0.25, -0.2) is 4.79 Å². The molecule has 0 unspecified atom stereocenters. The number of benzene rings is 1. The molecule has 0 saturated carbocycles. The van der Waals surface area contributed by atoms with E-state index in [4.69, 9.17) is 0 Å². The number of nitro benzene ring substituents is 1. The van der Waals surface area contributed by atoms with Crippen molar-refractivity contribution in [2.75, 3.05) is 13.4 Å². The van der Waals surface area contributed by atoms with Crippen molar-refractivity contribution >= 4 is 23.4 Å². The van der Waals surface area contributed by atoms with Crippen molar-refractivity contribution < 1.29 is 14.5 Å². The highest BCUT2D eigenvalue weighted by Crippen LogP contribution is 2.25. The zero-order valence-electron chi connectivity index (χ0n) is 8.22. The van der Waals surface area contributed by atoms with E-state index in [1.54, 1.807) is 6.26 Å². The second-order valence-electron chi connectivity index (χ2n) is 2.63. The van der Waals surface area contributed by atoms with Crippen LogP contribution < -0.4 is 0 Å². The van der Waals surface area contributed by atoms with Gasteiger partial charge in [0, 0.05) is 17.0 Å². The van der Waals surface area contributed by atoms with Gasteiger partial charge in [0.05, 0.1) is 17.6 Å². The summed E-state index contributed by atoms with van der Waals surface area (Å²) >= 11 is 1.34. The zero-order valence-corrected chi connectivity index (χ0v) is 9.04. The minimum absolute atomic E-state index is 0.117. The van der Waals surface area contributed by atoms with Crippen LogP contribution in [-0.2, 0) is 4.74 Å². The van der Waals surface area contributed by atoms with E-state index in [0.717, 1.165) is 0 Å². The summed E-state index contributed by atoms with van der Waals surface area (Å²) in [5.41, 5.74) is 0.104. The monoisotopic (exact) mass is 227 g/mol. The first-order valence-corrected chi connectivity index (χ1v) is 5.23. The van der Waals surface area contributed by atoms with Gasteiger partial charge in [-0.05, 0) is 12.3 Å². The molecule has 0 N–H and O–H groups in total. The Bertz CT molecular complexity index is 405. The molecule has 0 heterocycles. The summed E-state index contributed by atoms with van der Waals surface area (Å²) < 4.78 is 4.54. The molecule has 0 aliphatic heterocycles. The van der Waals surface area contributed by atoms with Crippen LogP contribution in [0.2, 0.25) is 0 Å². The maximum atomic E-state index is 11.3. The number of carbonyl (C=O) groups is 1. The lowest BCUT2D eigenvalue weighted by atomic mass is 10.2. The number of rotatable bonds is 3. The Hall–Kier alpha value is -1.56. The standard InChI is InChI=1S/C9H9NO4S/c1-14-9(11)7-5-6(10(12)13)3-4-8(7)15-2/h3-5H,1-2H3. The first-order chi connectivity index (χ1) is 7.10. The van der Waals surface area contributed by atoms with Crippen molar-refractivity contribution in [3.63, 3.8) is 0 Å². The largest absolute Gasteiger partial charge is 0.465 e. The third kappa shape index (κ3) is 2.47. The fourth-order valence-electron chi connectivity index (χ4n) is 1.08. The van der Waals surface area contributed by atoms with Gasteiger partial charge in [0.15, 0.2) is 0 Å². The van der Waals surface area contributed by atoms with Crippen molar-refractivity contribution in [1.29, 1.82) is 0 Å². The molecule has 1 aromatic carbocycles. The van der Waals surface area contributed by atoms with Crippen LogP contribution in [0.3, 0.4) is 0 Å². The lowest BCUT2D eigenvalue weighted by molar-refractivity contribution is -0.384. The molecule has 15 heavy (non-hydrogen) atoms. The first-order valence-electron chi connectivity index (χ1n) is 4.01. The van der Waals surface area contributed by atoms with Crippen LogP contribution >= 0.6 is 11.8 Å². The predicted octanol–water partition coefficient (Wildman–Crippen LogP) is 2.10. The molecule has 0 amide bonds. The molecule has 1 rings (SSSR count). The molecule has 0 aliphatic carbocycles. The van der Waals surface area contributed by atoms with Gasteiger partial charge >= 0.3 is 5.97 Å². The maximum absolute atomic E-state index is 11.3.